The number of carbonyl (C=O) groups is 3. The Morgan fingerprint density at radius 1 is 1.22 bits per heavy atom. The maximum absolute atomic E-state index is 12.5. The van der Waals surface area contributed by atoms with Crippen molar-refractivity contribution in [3.8, 4) is 0 Å². The van der Waals surface area contributed by atoms with E-state index in [-0.39, 0.29) is 24.8 Å². The van der Waals surface area contributed by atoms with Gasteiger partial charge in [-0.05, 0) is 36.6 Å². The lowest BCUT2D eigenvalue weighted by Crippen LogP contribution is -2.39. The summed E-state index contributed by atoms with van der Waals surface area (Å²) < 4.78 is 1.31. The topological polar surface area (TPSA) is 86.7 Å². The van der Waals surface area contributed by atoms with Gasteiger partial charge in [-0.1, -0.05) is 58.5 Å². The van der Waals surface area contributed by atoms with E-state index in [2.05, 4.69) is 21.2 Å². The Labute approximate surface area is 175 Å². The first kappa shape index (κ1) is 21.6. The number of carboxylic acid groups (broad SMARTS) is 1. The molecular formula is C18H19BrN2O4S2. The van der Waals surface area contributed by atoms with E-state index in [0.717, 1.165) is 16.5 Å². The van der Waals surface area contributed by atoms with Gasteiger partial charge in [0.15, 0.2) is 0 Å². The van der Waals surface area contributed by atoms with Crippen LogP contribution in [-0.4, -0.2) is 45.2 Å². The Balaban J connectivity index is 1.81. The second-order valence-electron chi connectivity index (χ2n) is 5.87. The van der Waals surface area contributed by atoms with Crippen molar-refractivity contribution < 1.29 is 19.5 Å². The molecule has 0 atom stereocenters. The van der Waals surface area contributed by atoms with Crippen molar-refractivity contribution in [3.63, 3.8) is 0 Å². The molecule has 0 radical (unpaired) electrons. The van der Waals surface area contributed by atoms with Gasteiger partial charge >= 0.3 is 5.97 Å². The van der Waals surface area contributed by atoms with E-state index < -0.39 is 5.97 Å². The van der Waals surface area contributed by atoms with Crippen molar-refractivity contribution in [2.24, 2.45) is 0 Å². The summed E-state index contributed by atoms with van der Waals surface area (Å²) in [5.41, 5.74) is 0.879. The fraction of sp³-hybridized carbons (Fsp3) is 0.333. The maximum Gasteiger partial charge on any atom is 0.303 e. The summed E-state index contributed by atoms with van der Waals surface area (Å²) in [6, 6.07) is 7.54. The second kappa shape index (κ2) is 10.6. The molecule has 0 bridgehead atoms. The maximum atomic E-state index is 12.5. The third-order valence-corrected chi connectivity index (χ3v) is 5.64. The van der Waals surface area contributed by atoms with Crippen LogP contribution in [0.4, 0.5) is 0 Å². The highest BCUT2D eigenvalue weighted by Crippen LogP contribution is 2.32. The highest BCUT2D eigenvalue weighted by atomic mass is 79.9. The first-order chi connectivity index (χ1) is 12.9. The Hall–Kier alpha value is -1.71. The Kier molecular flexibility index (Phi) is 8.46. The number of carbonyl (C=O) groups excluding carboxylic acids is 2. The van der Waals surface area contributed by atoms with Gasteiger partial charge in [0.25, 0.3) is 5.91 Å². The number of thioether (sulfide) groups is 1. The van der Waals surface area contributed by atoms with Crippen LogP contribution in [0.1, 0.15) is 31.2 Å². The molecule has 2 amide bonds. The second-order valence-corrected chi connectivity index (χ2v) is 8.47. The van der Waals surface area contributed by atoms with E-state index in [4.69, 9.17) is 17.3 Å². The number of unbranched alkanes of at least 4 members (excludes halogenated alkanes) is 2. The molecule has 0 saturated carbocycles. The number of hydrogen-bond donors (Lipinski definition) is 2. The van der Waals surface area contributed by atoms with Gasteiger partial charge in [0, 0.05) is 17.4 Å². The molecular weight excluding hydrogens is 452 g/mol. The van der Waals surface area contributed by atoms with Gasteiger partial charge in [0.1, 0.15) is 10.9 Å². The smallest absolute Gasteiger partial charge is 0.303 e. The van der Waals surface area contributed by atoms with Crippen molar-refractivity contribution in [1.29, 1.82) is 0 Å². The zero-order valence-corrected chi connectivity index (χ0v) is 17.7. The van der Waals surface area contributed by atoms with Gasteiger partial charge in [0.05, 0.1) is 4.91 Å². The predicted molar refractivity (Wildman–Crippen MR) is 113 cm³/mol. The Morgan fingerprint density at radius 2 is 1.93 bits per heavy atom. The zero-order chi connectivity index (χ0) is 19.8. The molecule has 9 heteroatoms. The van der Waals surface area contributed by atoms with Gasteiger partial charge in [-0.3, -0.25) is 19.3 Å². The summed E-state index contributed by atoms with van der Waals surface area (Å²) in [6.07, 6.45) is 3.90. The van der Waals surface area contributed by atoms with Crippen LogP contribution in [0, 0.1) is 0 Å². The lowest BCUT2D eigenvalue weighted by atomic mass is 10.2. The number of carboxylic acids is 1. The molecule has 0 aliphatic carbocycles. The summed E-state index contributed by atoms with van der Waals surface area (Å²) in [6.45, 7) is 0.333. The number of benzene rings is 1. The quantitative estimate of drug-likeness (QED) is 0.326. The molecule has 0 unspecified atom stereocenters. The third kappa shape index (κ3) is 7.08. The van der Waals surface area contributed by atoms with Crippen LogP contribution in [0.2, 0.25) is 0 Å². The highest BCUT2D eigenvalue weighted by molar-refractivity contribution is 9.10. The van der Waals surface area contributed by atoms with Crippen molar-refractivity contribution in [3.05, 3.63) is 39.2 Å². The fourth-order valence-electron chi connectivity index (χ4n) is 2.35. The summed E-state index contributed by atoms with van der Waals surface area (Å²) in [5, 5.41) is 11.3. The number of nitrogens with one attached hydrogen (secondary N) is 1. The molecule has 1 fully saturated rings. The van der Waals surface area contributed by atoms with Crippen LogP contribution in [0.25, 0.3) is 6.08 Å². The van der Waals surface area contributed by atoms with Crippen LogP contribution in [0.5, 0.6) is 0 Å². The van der Waals surface area contributed by atoms with E-state index in [9.17, 15) is 14.4 Å². The Morgan fingerprint density at radius 3 is 2.59 bits per heavy atom. The van der Waals surface area contributed by atoms with Gasteiger partial charge < -0.3 is 10.4 Å². The average Bonchev–Trinajstić information content (AvgIpc) is 2.87. The molecule has 0 spiro atoms. The van der Waals surface area contributed by atoms with Crippen molar-refractivity contribution in [2.75, 3.05) is 13.1 Å². The highest BCUT2D eigenvalue weighted by Gasteiger charge is 2.33. The summed E-state index contributed by atoms with van der Waals surface area (Å²) >= 11 is 9.77. The van der Waals surface area contributed by atoms with Crippen molar-refractivity contribution in [2.45, 2.75) is 25.7 Å². The molecule has 144 valence electrons. The van der Waals surface area contributed by atoms with E-state index in [1.54, 1.807) is 6.08 Å². The summed E-state index contributed by atoms with van der Waals surface area (Å²) in [5.74, 6) is -1.37. The standard InChI is InChI=1S/C18H19BrN2O4S2/c19-13-7-5-12(6-8-13)10-14-17(25)21(18(26)27-14)11-15(22)20-9-3-1-2-4-16(23)24/h5-8,10H,1-4,9,11H2,(H,20,22)(H,23,24)/b14-10-. The molecule has 1 heterocycles. The summed E-state index contributed by atoms with van der Waals surface area (Å²) in [7, 11) is 0. The molecule has 1 aromatic carbocycles. The van der Waals surface area contributed by atoms with Crippen molar-refractivity contribution in [1.82, 2.24) is 10.2 Å². The molecule has 6 nitrogen and oxygen atoms in total. The van der Waals surface area contributed by atoms with E-state index >= 15 is 0 Å². The fourth-order valence-corrected chi connectivity index (χ4v) is 3.87. The molecule has 1 aliphatic rings. The number of rotatable bonds is 9. The lowest BCUT2D eigenvalue weighted by Gasteiger charge is -2.14. The number of thiocarbonyl (C=S) groups is 1. The first-order valence-electron chi connectivity index (χ1n) is 8.36. The van der Waals surface area contributed by atoms with E-state index in [1.807, 2.05) is 24.3 Å². The van der Waals surface area contributed by atoms with Gasteiger partial charge in [-0.2, -0.15) is 0 Å². The largest absolute Gasteiger partial charge is 0.481 e. The zero-order valence-electron chi connectivity index (χ0n) is 14.4. The van der Waals surface area contributed by atoms with Crippen LogP contribution in [0.15, 0.2) is 33.6 Å². The normalized spacial score (nSPS) is 15.4. The van der Waals surface area contributed by atoms with E-state index in [1.165, 1.54) is 16.7 Å². The Bertz CT molecular complexity index is 765. The minimum Gasteiger partial charge on any atom is -0.481 e. The monoisotopic (exact) mass is 470 g/mol. The number of aliphatic carboxylic acids is 1. The number of nitrogens with zero attached hydrogens (tertiary/aromatic N) is 1. The molecule has 1 aromatic rings. The predicted octanol–water partition coefficient (Wildman–Crippen LogP) is 3.41. The molecule has 1 aliphatic heterocycles. The molecule has 1 saturated heterocycles. The van der Waals surface area contributed by atoms with Crippen LogP contribution in [0.3, 0.4) is 0 Å². The van der Waals surface area contributed by atoms with Crippen molar-refractivity contribution >= 4 is 68.1 Å². The molecule has 27 heavy (non-hydrogen) atoms. The molecule has 0 aromatic heterocycles. The minimum absolute atomic E-state index is 0.114. The minimum atomic E-state index is -0.815. The number of halogens is 1. The average molecular weight is 471 g/mol. The van der Waals surface area contributed by atoms with Gasteiger partial charge in [0.2, 0.25) is 5.91 Å². The molecule has 2 N–H and O–H groups in total. The SMILES string of the molecule is O=C(O)CCCCCNC(=O)CN1C(=O)/C(=C/c2ccc(Br)cc2)SC1=S. The molecule has 2 rings (SSSR count). The van der Waals surface area contributed by atoms with Crippen LogP contribution in [-0.2, 0) is 14.4 Å². The lowest BCUT2D eigenvalue weighted by molar-refractivity contribution is -0.137. The number of amides is 2. The number of hydrogen-bond acceptors (Lipinski definition) is 5. The van der Waals surface area contributed by atoms with Gasteiger partial charge in [-0.15, -0.1) is 0 Å². The van der Waals surface area contributed by atoms with Crippen LogP contribution >= 0.6 is 39.9 Å². The van der Waals surface area contributed by atoms with Gasteiger partial charge in [-0.25, -0.2) is 0 Å². The summed E-state index contributed by atoms with van der Waals surface area (Å²) in [4.78, 5) is 36.8. The first-order valence-corrected chi connectivity index (χ1v) is 10.4. The van der Waals surface area contributed by atoms with Crippen LogP contribution < -0.4 is 5.32 Å². The van der Waals surface area contributed by atoms with E-state index in [0.29, 0.717) is 28.6 Å². The third-order valence-electron chi connectivity index (χ3n) is 3.73.